The summed E-state index contributed by atoms with van der Waals surface area (Å²) in [7, 11) is -3.88. The largest absolute Gasteiger partial charge is 0.392 e. The lowest BCUT2D eigenvalue weighted by Crippen LogP contribution is -2.14. The molecule has 0 aliphatic carbocycles. The van der Waals surface area contributed by atoms with Crippen LogP contribution in [0.15, 0.2) is 23.2 Å². The molecule has 20 heavy (non-hydrogen) atoms. The summed E-state index contributed by atoms with van der Waals surface area (Å²) in [6.07, 6.45) is 1.56. The minimum Gasteiger partial charge on any atom is -0.392 e. The van der Waals surface area contributed by atoms with Crippen LogP contribution in [0.3, 0.4) is 0 Å². The highest BCUT2D eigenvalue weighted by molar-refractivity contribution is 7.93. The number of aromatic nitrogens is 1. The van der Waals surface area contributed by atoms with Gasteiger partial charge < -0.3 is 5.11 Å². The highest BCUT2D eigenvalue weighted by atomic mass is 35.5. The first-order valence-electron chi connectivity index (χ1n) is 5.38. The minimum absolute atomic E-state index is 0.0965. The molecule has 0 aliphatic rings. The van der Waals surface area contributed by atoms with Gasteiger partial charge >= 0.3 is 0 Å². The number of hydrogen-bond acceptors (Lipinski definition) is 5. The molecule has 5 nitrogen and oxygen atoms in total. The van der Waals surface area contributed by atoms with E-state index in [1.807, 2.05) is 6.92 Å². The molecule has 1 heterocycles. The molecule has 9 heteroatoms. The van der Waals surface area contributed by atoms with Crippen LogP contribution in [0.1, 0.15) is 10.4 Å². The Balaban J connectivity index is 2.44. The van der Waals surface area contributed by atoms with Crippen LogP contribution in [0, 0.1) is 6.92 Å². The number of thiazole rings is 1. The molecule has 0 atom stereocenters. The fourth-order valence-electron chi connectivity index (χ4n) is 1.50. The number of rotatable bonds is 4. The van der Waals surface area contributed by atoms with Crippen LogP contribution in [0.2, 0.25) is 10.0 Å². The van der Waals surface area contributed by atoms with E-state index in [1.54, 1.807) is 6.20 Å². The fourth-order valence-corrected chi connectivity index (χ4v) is 4.31. The summed E-state index contributed by atoms with van der Waals surface area (Å²) >= 11 is 13.0. The quantitative estimate of drug-likeness (QED) is 0.886. The van der Waals surface area contributed by atoms with Crippen molar-refractivity contribution in [1.29, 1.82) is 0 Å². The van der Waals surface area contributed by atoms with Gasteiger partial charge in [-0.2, -0.15) is 0 Å². The molecule has 0 radical (unpaired) electrons. The Kier molecular flexibility index (Phi) is 4.55. The molecule has 0 saturated heterocycles. The average Bonchev–Trinajstić information content (AvgIpc) is 2.74. The number of sulfonamides is 1. The maximum atomic E-state index is 12.3. The summed E-state index contributed by atoms with van der Waals surface area (Å²) < 4.78 is 26.9. The minimum atomic E-state index is -3.88. The van der Waals surface area contributed by atoms with Gasteiger partial charge in [0.1, 0.15) is 4.90 Å². The van der Waals surface area contributed by atoms with Crippen LogP contribution < -0.4 is 4.72 Å². The van der Waals surface area contributed by atoms with Crippen molar-refractivity contribution >= 4 is 49.7 Å². The van der Waals surface area contributed by atoms with Crippen LogP contribution in [-0.4, -0.2) is 18.5 Å². The maximum absolute atomic E-state index is 12.3. The van der Waals surface area contributed by atoms with Crippen molar-refractivity contribution in [1.82, 2.24) is 4.98 Å². The van der Waals surface area contributed by atoms with E-state index in [9.17, 15) is 13.5 Å². The van der Waals surface area contributed by atoms with Gasteiger partial charge in [0.2, 0.25) is 0 Å². The third kappa shape index (κ3) is 3.07. The van der Waals surface area contributed by atoms with E-state index in [4.69, 9.17) is 23.2 Å². The van der Waals surface area contributed by atoms with Crippen LogP contribution in [0.25, 0.3) is 0 Å². The van der Waals surface area contributed by atoms with E-state index in [0.717, 1.165) is 4.88 Å². The summed E-state index contributed by atoms with van der Waals surface area (Å²) in [6, 6.07) is 2.66. The van der Waals surface area contributed by atoms with Gasteiger partial charge in [-0.15, -0.1) is 11.3 Å². The first kappa shape index (κ1) is 15.5. The zero-order valence-corrected chi connectivity index (χ0v) is 13.4. The van der Waals surface area contributed by atoms with Crippen molar-refractivity contribution < 1.29 is 13.5 Å². The summed E-state index contributed by atoms with van der Waals surface area (Å²) in [5, 5.41) is 9.55. The van der Waals surface area contributed by atoms with Crippen LogP contribution in [0.4, 0.5) is 5.13 Å². The van der Waals surface area contributed by atoms with Crippen molar-refractivity contribution in [3.63, 3.8) is 0 Å². The van der Waals surface area contributed by atoms with Gasteiger partial charge in [-0.3, -0.25) is 4.72 Å². The normalized spacial score (nSPS) is 11.6. The van der Waals surface area contributed by atoms with Gasteiger partial charge in [0.15, 0.2) is 5.13 Å². The highest BCUT2D eigenvalue weighted by Gasteiger charge is 2.22. The second-order valence-corrected chi connectivity index (χ2v) is 7.55. The molecule has 2 aromatic rings. The predicted octanol–water partition coefficient (Wildman–Crippen LogP) is 3.05. The number of halogens is 2. The number of aliphatic hydroxyl groups excluding tert-OH is 1. The molecule has 0 spiro atoms. The number of hydrogen-bond donors (Lipinski definition) is 2. The molecule has 0 aliphatic heterocycles. The van der Waals surface area contributed by atoms with Crippen molar-refractivity contribution in [2.24, 2.45) is 0 Å². The topological polar surface area (TPSA) is 79.3 Å². The summed E-state index contributed by atoms with van der Waals surface area (Å²) in [6.45, 7) is 1.37. The first-order chi connectivity index (χ1) is 9.35. The van der Waals surface area contributed by atoms with Crippen molar-refractivity contribution in [2.45, 2.75) is 18.4 Å². The Morgan fingerprint density at radius 2 is 2.10 bits per heavy atom. The second-order valence-electron chi connectivity index (χ2n) is 3.88. The van der Waals surface area contributed by atoms with Crippen LogP contribution in [-0.2, 0) is 16.6 Å². The Hall–Kier alpha value is -0.860. The Morgan fingerprint density at radius 3 is 2.65 bits per heavy atom. The number of benzene rings is 1. The molecular weight excluding hydrogens is 343 g/mol. The van der Waals surface area contributed by atoms with Gasteiger partial charge in [-0.05, 0) is 19.1 Å². The van der Waals surface area contributed by atoms with Gasteiger partial charge in [-0.1, -0.05) is 23.2 Å². The third-order valence-corrected chi connectivity index (χ3v) is 5.68. The van der Waals surface area contributed by atoms with Crippen LogP contribution >= 0.6 is 34.5 Å². The molecule has 0 amide bonds. The monoisotopic (exact) mass is 352 g/mol. The van der Waals surface area contributed by atoms with Crippen molar-refractivity contribution in [3.05, 3.63) is 38.8 Å². The fraction of sp³-hybridized carbons (Fsp3) is 0.182. The molecule has 2 N–H and O–H groups in total. The SMILES string of the molecule is Cc1cnc(NS(=O)(=O)c2ccc(Cl)c(CO)c2Cl)s1. The zero-order chi connectivity index (χ0) is 14.9. The average molecular weight is 353 g/mol. The van der Waals surface area contributed by atoms with Crippen molar-refractivity contribution in [3.8, 4) is 0 Å². The molecule has 108 valence electrons. The highest BCUT2D eigenvalue weighted by Crippen LogP contribution is 2.32. The zero-order valence-electron chi connectivity index (χ0n) is 10.2. The Morgan fingerprint density at radius 1 is 1.40 bits per heavy atom. The van der Waals surface area contributed by atoms with E-state index in [2.05, 4.69) is 9.71 Å². The number of nitrogens with one attached hydrogen (secondary N) is 1. The van der Waals surface area contributed by atoms with Crippen LogP contribution in [0.5, 0.6) is 0 Å². The summed E-state index contributed by atoms with van der Waals surface area (Å²) in [5.41, 5.74) is 0.173. The predicted molar refractivity (Wildman–Crippen MR) is 80.0 cm³/mol. The lowest BCUT2D eigenvalue weighted by atomic mass is 10.2. The van der Waals surface area contributed by atoms with Gasteiger partial charge in [0, 0.05) is 21.7 Å². The smallest absolute Gasteiger partial charge is 0.265 e. The molecular formula is C11H10Cl2N2O3S2. The maximum Gasteiger partial charge on any atom is 0.265 e. The molecule has 2 rings (SSSR count). The molecule has 1 aromatic heterocycles. The standard InChI is InChI=1S/C11H10Cl2N2O3S2/c1-6-4-14-11(19-6)15-20(17,18)9-3-2-8(12)7(5-16)10(9)13/h2-4,16H,5H2,1H3,(H,14,15). The van der Waals surface area contributed by atoms with E-state index < -0.39 is 16.6 Å². The van der Waals surface area contributed by atoms with Gasteiger partial charge in [0.05, 0.1) is 11.6 Å². The first-order valence-corrected chi connectivity index (χ1v) is 8.43. The van der Waals surface area contributed by atoms with Gasteiger partial charge in [0.25, 0.3) is 10.0 Å². The third-order valence-electron chi connectivity index (χ3n) is 2.44. The van der Waals surface area contributed by atoms with E-state index >= 15 is 0 Å². The number of aryl methyl sites for hydroxylation is 1. The molecule has 1 aromatic carbocycles. The summed E-state index contributed by atoms with van der Waals surface area (Å²) in [4.78, 5) is 4.65. The molecule has 0 fully saturated rings. The second kappa shape index (κ2) is 5.87. The lowest BCUT2D eigenvalue weighted by Gasteiger charge is -2.10. The van der Waals surface area contributed by atoms with E-state index in [1.165, 1.54) is 23.5 Å². The number of aliphatic hydroxyl groups is 1. The van der Waals surface area contributed by atoms with Gasteiger partial charge in [-0.25, -0.2) is 13.4 Å². The molecule has 0 bridgehead atoms. The summed E-state index contributed by atoms with van der Waals surface area (Å²) in [5.74, 6) is 0. The number of anilines is 1. The Labute approximate surface area is 130 Å². The lowest BCUT2D eigenvalue weighted by molar-refractivity contribution is 0.282. The molecule has 0 unspecified atom stereocenters. The number of nitrogens with zero attached hydrogens (tertiary/aromatic N) is 1. The molecule has 0 saturated carbocycles. The van der Waals surface area contributed by atoms with E-state index in [0.29, 0.717) is 0 Å². The van der Waals surface area contributed by atoms with E-state index in [-0.39, 0.29) is 25.6 Å². The van der Waals surface area contributed by atoms with Crippen molar-refractivity contribution in [2.75, 3.05) is 4.72 Å². The Bertz CT molecular complexity index is 744.